The van der Waals surface area contributed by atoms with Crippen molar-refractivity contribution in [3.8, 4) is 17.5 Å². The van der Waals surface area contributed by atoms with Crippen molar-refractivity contribution in [2.24, 2.45) is 0 Å². The first-order valence-electron chi connectivity index (χ1n) is 14.2. The minimum absolute atomic E-state index is 0.0104. The number of hydrogen-bond donors (Lipinski definition) is 1. The van der Waals surface area contributed by atoms with E-state index in [2.05, 4.69) is 35.2 Å². The number of fused-ring (bicyclic) bond motifs is 1. The lowest BCUT2D eigenvalue weighted by molar-refractivity contribution is -0.0368. The Labute approximate surface area is 234 Å². The van der Waals surface area contributed by atoms with Gasteiger partial charge in [0.15, 0.2) is 11.9 Å². The molecule has 5 heterocycles. The van der Waals surface area contributed by atoms with Gasteiger partial charge in [0.25, 0.3) is 0 Å². The first-order valence-corrected chi connectivity index (χ1v) is 14.2. The molecule has 1 N–H and O–H groups in total. The van der Waals surface area contributed by atoms with Gasteiger partial charge in [0, 0.05) is 42.9 Å². The number of carbonyl (C=O) groups is 1. The van der Waals surface area contributed by atoms with Crippen molar-refractivity contribution in [2.45, 2.75) is 90.5 Å². The predicted molar refractivity (Wildman–Crippen MR) is 151 cm³/mol. The van der Waals surface area contributed by atoms with Crippen molar-refractivity contribution < 1.29 is 14.3 Å². The standard InChI is InChI=1S/C29H38N8O3/c1-18(2)22-16-31-27(33-20-9-8-13-36(17-20)28(38)40-29(3,4)5)34-24(22)25-21-12-11-19(15-30)32-26(21)37(35-25)23-10-6-7-14-39-23/h11-12,16,18,20,23H,6-10,13-14,17H2,1-5H3,(H,31,33,34)/t20-,23?/m0/s1. The van der Waals surface area contributed by atoms with Crippen molar-refractivity contribution >= 4 is 23.1 Å². The minimum Gasteiger partial charge on any atom is -0.444 e. The highest BCUT2D eigenvalue weighted by Crippen LogP contribution is 2.35. The lowest BCUT2D eigenvalue weighted by Gasteiger charge is -2.34. The van der Waals surface area contributed by atoms with E-state index in [-0.39, 0.29) is 24.3 Å². The zero-order valence-corrected chi connectivity index (χ0v) is 24.0. The molecule has 11 nitrogen and oxygen atoms in total. The Kier molecular flexibility index (Phi) is 7.90. The molecule has 0 saturated carbocycles. The first-order chi connectivity index (χ1) is 19.1. The normalized spacial score (nSPS) is 20.0. The Hall–Kier alpha value is -3.78. The van der Waals surface area contributed by atoms with Crippen LogP contribution in [0.1, 0.15) is 90.1 Å². The Morgan fingerprint density at radius 1 is 1.18 bits per heavy atom. The van der Waals surface area contributed by atoms with E-state index in [1.54, 1.807) is 11.0 Å². The number of anilines is 1. The summed E-state index contributed by atoms with van der Waals surface area (Å²) in [5.74, 6) is 0.632. The third-order valence-corrected chi connectivity index (χ3v) is 7.17. The molecule has 3 aromatic rings. The Morgan fingerprint density at radius 2 is 2.00 bits per heavy atom. The van der Waals surface area contributed by atoms with Crippen LogP contribution in [-0.2, 0) is 9.47 Å². The van der Waals surface area contributed by atoms with Gasteiger partial charge in [-0.15, -0.1) is 0 Å². The Balaban J connectivity index is 1.49. The third-order valence-electron chi connectivity index (χ3n) is 7.17. The van der Waals surface area contributed by atoms with Gasteiger partial charge in [0.2, 0.25) is 5.95 Å². The summed E-state index contributed by atoms with van der Waals surface area (Å²) in [6.07, 6.45) is 5.94. The molecule has 2 fully saturated rings. The molecule has 0 radical (unpaired) electrons. The van der Waals surface area contributed by atoms with Crippen LogP contribution in [-0.4, -0.2) is 67.1 Å². The molecule has 2 aliphatic rings. The number of amides is 1. The van der Waals surface area contributed by atoms with Gasteiger partial charge in [-0.2, -0.15) is 10.4 Å². The molecule has 212 valence electrons. The number of hydrogen-bond acceptors (Lipinski definition) is 9. The number of rotatable bonds is 5. The van der Waals surface area contributed by atoms with E-state index in [1.165, 1.54) is 0 Å². The fraction of sp³-hybridized carbons (Fsp3) is 0.586. The molecule has 40 heavy (non-hydrogen) atoms. The number of nitrogens with zero attached hydrogens (tertiary/aromatic N) is 7. The molecule has 2 saturated heterocycles. The maximum Gasteiger partial charge on any atom is 0.410 e. The van der Waals surface area contributed by atoms with Crippen LogP contribution in [0, 0.1) is 11.3 Å². The fourth-order valence-electron chi connectivity index (χ4n) is 5.21. The van der Waals surface area contributed by atoms with Crippen LogP contribution in [0.15, 0.2) is 18.3 Å². The van der Waals surface area contributed by atoms with Gasteiger partial charge in [-0.05, 0) is 70.9 Å². The summed E-state index contributed by atoms with van der Waals surface area (Å²) in [4.78, 5) is 28.6. The molecular formula is C29H38N8O3. The first kappa shape index (κ1) is 27.8. The molecule has 11 heteroatoms. The molecule has 3 aromatic heterocycles. The smallest absolute Gasteiger partial charge is 0.410 e. The van der Waals surface area contributed by atoms with E-state index in [4.69, 9.17) is 19.6 Å². The molecule has 0 aromatic carbocycles. The lowest BCUT2D eigenvalue weighted by Crippen LogP contribution is -2.47. The van der Waals surface area contributed by atoms with E-state index in [9.17, 15) is 10.1 Å². The monoisotopic (exact) mass is 546 g/mol. The molecule has 1 amide bonds. The van der Waals surface area contributed by atoms with Gasteiger partial charge in [-0.1, -0.05) is 13.8 Å². The number of likely N-dealkylation sites (tertiary alicyclic amines) is 1. The van der Waals surface area contributed by atoms with Crippen molar-refractivity contribution in [1.82, 2.24) is 29.6 Å². The summed E-state index contributed by atoms with van der Waals surface area (Å²) in [6, 6.07) is 5.73. The highest BCUT2D eigenvalue weighted by molar-refractivity contribution is 5.91. The maximum absolute atomic E-state index is 12.7. The predicted octanol–water partition coefficient (Wildman–Crippen LogP) is 5.39. The number of carbonyl (C=O) groups excluding carboxylic acids is 1. The number of ether oxygens (including phenoxy) is 2. The zero-order chi connectivity index (χ0) is 28.4. The number of pyridine rings is 1. The summed E-state index contributed by atoms with van der Waals surface area (Å²) in [5, 5.41) is 18.8. The third kappa shape index (κ3) is 6.02. The highest BCUT2D eigenvalue weighted by Gasteiger charge is 2.29. The molecule has 0 spiro atoms. The van der Waals surface area contributed by atoms with Crippen LogP contribution in [0.4, 0.5) is 10.7 Å². The van der Waals surface area contributed by atoms with Crippen molar-refractivity contribution in [1.29, 1.82) is 5.26 Å². The van der Waals surface area contributed by atoms with E-state index >= 15 is 0 Å². The Bertz CT molecular complexity index is 1420. The molecule has 1 unspecified atom stereocenters. The van der Waals surface area contributed by atoms with E-state index in [0.29, 0.717) is 42.7 Å². The van der Waals surface area contributed by atoms with E-state index < -0.39 is 5.60 Å². The van der Waals surface area contributed by atoms with Crippen LogP contribution in [0.25, 0.3) is 22.4 Å². The van der Waals surface area contributed by atoms with Gasteiger partial charge in [-0.3, -0.25) is 0 Å². The Morgan fingerprint density at radius 3 is 2.70 bits per heavy atom. The van der Waals surface area contributed by atoms with Crippen LogP contribution >= 0.6 is 0 Å². The van der Waals surface area contributed by atoms with Gasteiger partial charge < -0.3 is 19.7 Å². The van der Waals surface area contributed by atoms with Crippen molar-refractivity contribution in [2.75, 3.05) is 25.0 Å². The highest BCUT2D eigenvalue weighted by atomic mass is 16.6. The summed E-state index contributed by atoms with van der Waals surface area (Å²) in [5.41, 5.74) is 2.78. The van der Waals surface area contributed by atoms with Crippen LogP contribution in [0.3, 0.4) is 0 Å². The molecule has 2 atom stereocenters. The fourth-order valence-corrected chi connectivity index (χ4v) is 5.21. The number of nitrogens with one attached hydrogen (secondary N) is 1. The van der Waals surface area contributed by atoms with Crippen molar-refractivity contribution in [3.05, 3.63) is 29.6 Å². The largest absolute Gasteiger partial charge is 0.444 e. The quantitative estimate of drug-likeness (QED) is 0.447. The van der Waals surface area contributed by atoms with Gasteiger partial charge in [-0.25, -0.2) is 24.4 Å². The second-order valence-electron chi connectivity index (χ2n) is 11.9. The van der Waals surface area contributed by atoms with Crippen LogP contribution in [0.5, 0.6) is 0 Å². The van der Waals surface area contributed by atoms with Gasteiger partial charge in [0.05, 0.1) is 0 Å². The van der Waals surface area contributed by atoms with E-state index in [0.717, 1.165) is 48.7 Å². The lowest BCUT2D eigenvalue weighted by atomic mass is 10.0. The van der Waals surface area contributed by atoms with Gasteiger partial charge >= 0.3 is 6.09 Å². The van der Waals surface area contributed by atoms with Crippen molar-refractivity contribution in [3.63, 3.8) is 0 Å². The number of nitriles is 1. The minimum atomic E-state index is -0.542. The molecule has 5 rings (SSSR count). The second-order valence-corrected chi connectivity index (χ2v) is 11.9. The summed E-state index contributed by atoms with van der Waals surface area (Å²) in [6.45, 7) is 11.7. The van der Waals surface area contributed by atoms with E-state index in [1.807, 2.05) is 37.7 Å². The maximum atomic E-state index is 12.7. The topological polar surface area (TPSA) is 131 Å². The number of aromatic nitrogens is 5. The average Bonchev–Trinajstić information content (AvgIpc) is 3.31. The average molecular weight is 547 g/mol. The van der Waals surface area contributed by atoms with Crippen LogP contribution in [0.2, 0.25) is 0 Å². The second kappa shape index (κ2) is 11.4. The number of piperidine rings is 1. The summed E-state index contributed by atoms with van der Waals surface area (Å²) >= 11 is 0. The van der Waals surface area contributed by atoms with Crippen LogP contribution < -0.4 is 5.32 Å². The summed E-state index contributed by atoms with van der Waals surface area (Å²) < 4.78 is 13.4. The molecule has 2 aliphatic heterocycles. The molecular weight excluding hydrogens is 508 g/mol. The summed E-state index contributed by atoms with van der Waals surface area (Å²) in [7, 11) is 0. The van der Waals surface area contributed by atoms with Gasteiger partial charge in [0.1, 0.15) is 28.8 Å². The molecule has 0 aliphatic carbocycles. The molecule has 0 bridgehead atoms. The SMILES string of the molecule is CC(C)c1cnc(N[C@H]2CCCN(C(=O)OC(C)(C)C)C2)nc1-c1nn(C2CCCCO2)c2nc(C#N)ccc12. The zero-order valence-electron chi connectivity index (χ0n) is 24.0.